The van der Waals surface area contributed by atoms with Crippen molar-refractivity contribution < 1.29 is 19.4 Å². The number of hydrogen-bond donors (Lipinski definition) is 1. The number of hydrogen-bond acceptors (Lipinski definition) is 3. The largest absolute Gasteiger partial charge is 0.465 e. The number of rotatable bonds is 3. The van der Waals surface area contributed by atoms with Crippen LogP contribution in [0.1, 0.15) is 35.7 Å². The molecule has 1 heterocycles. The second-order valence-electron chi connectivity index (χ2n) is 4.91. The molecule has 0 aromatic heterocycles. The van der Waals surface area contributed by atoms with Crippen molar-refractivity contribution in [1.82, 2.24) is 4.90 Å². The van der Waals surface area contributed by atoms with Gasteiger partial charge in [0.1, 0.15) is 0 Å². The molecule has 0 bridgehead atoms. The first-order chi connectivity index (χ1) is 10.1. The fourth-order valence-corrected chi connectivity index (χ4v) is 2.30. The maximum Gasteiger partial charge on any atom is 0.407 e. The van der Waals surface area contributed by atoms with Crippen LogP contribution in [-0.4, -0.2) is 41.8 Å². The Morgan fingerprint density at radius 1 is 1.24 bits per heavy atom. The molecule has 1 aliphatic heterocycles. The van der Waals surface area contributed by atoms with E-state index in [1.54, 1.807) is 19.1 Å². The molecule has 0 radical (unpaired) electrons. The third kappa shape index (κ3) is 4.08. The van der Waals surface area contributed by atoms with Gasteiger partial charge in [0.15, 0.2) is 0 Å². The van der Waals surface area contributed by atoms with Gasteiger partial charge in [0.05, 0.1) is 12.2 Å². The van der Waals surface area contributed by atoms with Gasteiger partial charge < -0.3 is 14.7 Å². The maximum atomic E-state index is 11.5. The van der Waals surface area contributed by atoms with Gasteiger partial charge in [0.2, 0.25) is 0 Å². The Hall–Kier alpha value is -2.30. The Labute approximate surface area is 123 Å². The molecule has 5 nitrogen and oxygen atoms in total. The molecule has 112 valence electrons. The van der Waals surface area contributed by atoms with Gasteiger partial charge in [-0.25, -0.2) is 9.59 Å². The Morgan fingerprint density at radius 2 is 1.86 bits per heavy atom. The van der Waals surface area contributed by atoms with E-state index in [0.29, 0.717) is 25.3 Å². The van der Waals surface area contributed by atoms with Crippen LogP contribution in [0.15, 0.2) is 29.8 Å². The summed E-state index contributed by atoms with van der Waals surface area (Å²) in [6.45, 7) is 3.23. The van der Waals surface area contributed by atoms with Gasteiger partial charge in [0.25, 0.3) is 0 Å². The molecule has 0 atom stereocenters. The summed E-state index contributed by atoms with van der Waals surface area (Å²) < 4.78 is 4.94. The first kappa shape index (κ1) is 15.1. The first-order valence-corrected chi connectivity index (χ1v) is 7.04. The molecule has 5 heteroatoms. The standard InChI is InChI=1S/C16H19NO4/c1-2-21-15(18)14-5-3-12(4-6-14)11-13-7-9-17(10-8-13)16(19)20/h3-6,11H,2,7-10H2,1H3,(H,19,20). The normalized spacial score (nSPS) is 14.7. The topological polar surface area (TPSA) is 66.8 Å². The average Bonchev–Trinajstić information content (AvgIpc) is 2.49. The van der Waals surface area contributed by atoms with Crippen molar-refractivity contribution in [2.24, 2.45) is 0 Å². The summed E-state index contributed by atoms with van der Waals surface area (Å²) in [6.07, 6.45) is 2.72. The van der Waals surface area contributed by atoms with Gasteiger partial charge in [-0.1, -0.05) is 23.8 Å². The molecule has 0 spiro atoms. The molecular formula is C16H19NO4. The summed E-state index contributed by atoms with van der Waals surface area (Å²) in [6, 6.07) is 7.25. The molecule has 1 saturated heterocycles. The number of esters is 1. The van der Waals surface area contributed by atoms with E-state index in [2.05, 4.69) is 6.08 Å². The number of carbonyl (C=O) groups excluding carboxylic acids is 1. The van der Waals surface area contributed by atoms with Crippen molar-refractivity contribution in [1.29, 1.82) is 0 Å². The van der Waals surface area contributed by atoms with Gasteiger partial charge >= 0.3 is 12.1 Å². The Balaban J connectivity index is 1.99. The van der Waals surface area contributed by atoms with Crippen molar-refractivity contribution in [2.45, 2.75) is 19.8 Å². The summed E-state index contributed by atoms with van der Waals surface area (Å²) in [5.74, 6) is -0.313. The molecular weight excluding hydrogens is 270 g/mol. The summed E-state index contributed by atoms with van der Waals surface area (Å²) in [7, 11) is 0. The summed E-state index contributed by atoms with van der Waals surface area (Å²) in [4.78, 5) is 23.8. The predicted octanol–water partition coefficient (Wildman–Crippen LogP) is 3.02. The minimum atomic E-state index is -0.854. The van der Waals surface area contributed by atoms with E-state index >= 15 is 0 Å². The van der Waals surface area contributed by atoms with Gasteiger partial charge in [-0.2, -0.15) is 0 Å². The van der Waals surface area contributed by atoms with Gasteiger partial charge in [-0.15, -0.1) is 0 Å². The quantitative estimate of drug-likeness (QED) is 0.869. The average molecular weight is 289 g/mol. The van der Waals surface area contributed by atoms with E-state index in [1.165, 1.54) is 10.5 Å². The van der Waals surface area contributed by atoms with Crippen LogP contribution in [0.4, 0.5) is 4.79 Å². The zero-order chi connectivity index (χ0) is 15.2. The third-order valence-corrected chi connectivity index (χ3v) is 3.47. The number of ether oxygens (including phenoxy) is 1. The Kier molecular flexibility index (Phi) is 4.98. The highest BCUT2D eigenvalue weighted by atomic mass is 16.5. The number of carboxylic acid groups (broad SMARTS) is 1. The van der Waals surface area contributed by atoms with Crippen LogP contribution in [0.3, 0.4) is 0 Å². The van der Waals surface area contributed by atoms with Crippen molar-refractivity contribution in [3.63, 3.8) is 0 Å². The molecule has 1 aliphatic rings. The maximum absolute atomic E-state index is 11.5. The highest BCUT2D eigenvalue weighted by Gasteiger charge is 2.17. The molecule has 0 aliphatic carbocycles. The minimum absolute atomic E-state index is 0.313. The van der Waals surface area contributed by atoms with E-state index in [-0.39, 0.29) is 5.97 Å². The number of carbonyl (C=O) groups is 2. The predicted molar refractivity (Wildman–Crippen MR) is 79.2 cm³/mol. The van der Waals surface area contributed by atoms with Crippen molar-refractivity contribution in [3.05, 3.63) is 41.0 Å². The molecule has 0 saturated carbocycles. The van der Waals surface area contributed by atoms with Crippen molar-refractivity contribution in [3.8, 4) is 0 Å². The monoisotopic (exact) mass is 289 g/mol. The van der Waals surface area contributed by atoms with Gasteiger partial charge in [-0.05, 0) is 37.5 Å². The molecule has 21 heavy (non-hydrogen) atoms. The number of likely N-dealkylation sites (tertiary alicyclic amines) is 1. The van der Waals surface area contributed by atoms with Crippen molar-refractivity contribution >= 4 is 18.1 Å². The molecule has 0 unspecified atom stereocenters. The Bertz CT molecular complexity index is 538. The van der Waals surface area contributed by atoms with Gasteiger partial charge in [0, 0.05) is 13.1 Å². The van der Waals surface area contributed by atoms with E-state index in [1.807, 2.05) is 12.1 Å². The molecule has 2 rings (SSSR count). The van der Waals surface area contributed by atoms with Crippen LogP contribution >= 0.6 is 0 Å². The van der Waals surface area contributed by atoms with E-state index in [0.717, 1.165) is 18.4 Å². The number of benzene rings is 1. The lowest BCUT2D eigenvalue weighted by Crippen LogP contribution is -2.35. The highest BCUT2D eigenvalue weighted by molar-refractivity contribution is 5.89. The molecule has 1 amide bonds. The summed E-state index contributed by atoms with van der Waals surface area (Å²) in [5.41, 5.74) is 2.79. The number of piperidine rings is 1. The summed E-state index contributed by atoms with van der Waals surface area (Å²) in [5, 5.41) is 8.90. The minimum Gasteiger partial charge on any atom is -0.465 e. The van der Waals surface area contributed by atoms with E-state index < -0.39 is 6.09 Å². The second-order valence-corrected chi connectivity index (χ2v) is 4.91. The second kappa shape index (κ2) is 6.92. The van der Waals surface area contributed by atoms with Crippen LogP contribution < -0.4 is 0 Å². The first-order valence-electron chi connectivity index (χ1n) is 7.04. The molecule has 1 fully saturated rings. The summed E-state index contributed by atoms with van der Waals surface area (Å²) >= 11 is 0. The smallest absolute Gasteiger partial charge is 0.407 e. The molecule has 1 aromatic rings. The van der Waals surface area contributed by atoms with E-state index in [4.69, 9.17) is 9.84 Å². The fraction of sp³-hybridized carbons (Fsp3) is 0.375. The van der Waals surface area contributed by atoms with Crippen LogP contribution in [-0.2, 0) is 4.74 Å². The highest BCUT2D eigenvalue weighted by Crippen LogP contribution is 2.19. The third-order valence-electron chi connectivity index (χ3n) is 3.47. The van der Waals surface area contributed by atoms with Gasteiger partial charge in [-0.3, -0.25) is 0 Å². The zero-order valence-electron chi connectivity index (χ0n) is 12.0. The lowest BCUT2D eigenvalue weighted by molar-refractivity contribution is 0.0526. The molecule has 1 aromatic carbocycles. The van der Waals surface area contributed by atoms with Crippen LogP contribution in [0, 0.1) is 0 Å². The van der Waals surface area contributed by atoms with Crippen LogP contribution in [0.5, 0.6) is 0 Å². The fourth-order valence-electron chi connectivity index (χ4n) is 2.30. The SMILES string of the molecule is CCOC(=O)c1ccc(C=C2CCN(C(=O)O)CC2)cc1. The zero-order valence-corrected chi connectivity index (χ0v) is 12.0. The number of nitrogens with zero attached hydrogens (tertiary/aromatic N) is 1. The van der Waals surface area contributed by atoms with Crippen LogP contribution in [0.25, 0.3) is 6.08 Å². The van der Waals surface area contributed by atoms with E-state index in [9.17, 15) is 9.59 Å². The number of amides is 1. The molecule has 1 N–H and O–H groups in total. The lowest BCUT2D eigenvalue weighted by Gasteiger charge is -2.25. The van der Waals surface area contributed by atoms with Crippen molar-refractivity contribution in [2.75, 3.05) is 19.7 Å². The Morgan fingerprint density at radius 3 is 2.38 bits per heavy atom. The lowest BCUT2D eigenvalue weighted by atomic mass is 10.0. The van der Waals surface area contributed by atoms with Crippen LogP contribution in [0.2, 0.25) is 0 Å².